The quantitative estimate of drug-likeness (QED) is 0.222. The van der Waals surface area contributed by atoms with Crippen LogP contribution in [0.2, 0.25) is 0 Å². The second-order valence-electron chi connectivity index (χ2n) is 7.47. The number of unbranched alkanes of at least 4 members (excludes halogenated alkanes) is 4. The molecule has 1 saturated carbocycles. The van der Waals surface area contributed by atoms with Crippen LogP contribution < -0.4 is 4.74 Å². The lowest BCUT2D eigenvalue weighted by atomic mass is 9.82. The fourth-order valence-corrected chi connectivity index (χ4v) is 3.62. The summed E-state index contributed by atoms with van der Waals surface area (Å²) >= 11 is 0. The molecule has 0 spiro atoms. The molecule has 1 aromatic rings. The zero-order valence-electron chi connectivity index (χ0n) is 16.3. The first kappa shape index (κ1) is 21.2. The van der Waals surface area contributed by atoms with Gasteiger partial charge in [-0.2, -0.15) is 9.65 Å². The van der Waals surface area contributed by atoms with Crippen molar-refractivity contribution in [3.05, 3.63) is 41.7 Å². The van der Waals surface area contributed by atoms with E-state index in [0.29, 0.717) is 31.4 Å². The Labute approximate surface area is 162 Å². The van der Waals surface area contributed by atoms with Gasteiger partial charge in [0.25, 0.3) is 0 Å². The van der Waals surface area contributed by atoms with E-state index < -0.39 is 5.83 Å². The summed E-state index contributed by atoms with van der Waals surface area (Å²) in [5.74, 6) is -0.437. The maximum absolute atomic E-state index is 13.0. The minimum atomic E-state index is -0.730. The summed E-state index contributed by atoms with van der Waals surface area (Å²) in [5.41, 5.74) is 1.28. The van der Waals surface area contributed by atoms with Crippen LogP contribution in [0.4, 0.5) is 4.39 Å². The molecule has 0 saturated heterocycles. The highest BCUT2D eigenvalue weighted by molar-refractivity contribution is 5.75. The van der Waals surface area contributed by atoms with E-state index in [1.54, 1.807) is 0 Å². The molecule has 0 aliphatic heterocycles. The van der Waals surface area contributed by atoms with E-state index in [9.17, 15) is 9.18 Å². The Hall–Kier alpha value is -2.15. The van der Waals surface area contributed by atoms with E-state index in [0.717, 1.165) is 6.42 Å². The monoisotopic (exact) mass is 371 g/mol. The van der Waals surface area contributed by atoms with Gasteiger partial charge >= 0.3 is 5.97 Å². The van der Waals surface area contributed by atoms with Crippen molar-refractivity contribution in [1.29, 1.82) is 5.26 Å². The van der Waals surface area contributed by atoms with Crippen molar-refractivity contribution in [2.45, 2.75) is 71.1 Å². The number of allylic oxidation sites excluding steroid dienone is 2. The third-order valence-electron chi connectivity index (χ3n) is 5.30. The first-order valence-electron chi connectivity index (χ1n) is 10.2. The highest BCUT2D eigenvalue weighted by atomic mass is 19.1. The van der Waals surface area contributed by atoms with Crippen LogP contribution in [0.25, 0.3) is 0 Å². The largest absolute Gasteiger partial charge is 0.426 e. The molecule has 1 aliphatic carbocycles. The summed E-state index contributed by atoms with van der Waals surface area (Å²) < 4.78 is 18.6. The molecule has 1 fully saturated rings. The molecule has 0 amide bonds. The van der Waals surface area contributed by atoms with E-state index in [1.807, 2.05) is 24.3 Å². The van der Waals surface area contributed by atoms with E-state index in [-0.39, 0.29) is 17.8 Å². The maximum atomic E-state index is 13.0. The fourth-order valence-electron chi connectivity index (χ4n) is 3.62. The predicted molar refractivity (Wildman–Crippen MR) is 105 cm³/mol. The zero-order chi connectivity index (χ0) is 19.5. The van der Waals surface area contributed by atoms with Gasteiger partial charge < -0.3 is 4.74 Å². The minimum absolute atomic E-state index is 0.0466. The fraction of sp³-hybridized carbons (Fsp3) is 0.565. The number of rotatable bonds is 9. The van der Waals surface area contributed by atoms with E-state index in [4.69, 9.17) is 10.00 Å². The highest BCUT2D eigenvalue weighted by Crippen LogP contribution is 2.31. The van der Waals surface area contributed by atoms with Gasteiger partial charge in [-0.25, -0.2) is 0 Å². The molecular formula is C23H30FNO2. The SMILES string of the molecule is CCCCCCCc1ccc(OC(=O)[C@H]2CC[C@H](C=C(F)C#N)CC2)cc1. The number of aryl methyl sites for hydroxylation is 1. The lowest BCUT2D eigenvalue weighted by Gasteiger charge is -2.25. The number of nitrogens with zero attached hydrogens (tertiary/aromatic N) is 1. The molecule has 3 nitrogen and oxygen atoms in total. The Morgan fingerprint density at radius 1 is 1.15 bits per heavy atom. The van der Waals surface area contributed by atoms with Crippen LogP contribution in [0.3, 0.4) is 0 Å². The van der Waals surface area contributed by atoms with Crippen molar-refractivity contribution >= 4 is 5.97 Å². The normalized spacial score (nSPS) is 20.1. The lowest BCUT2D eigenvalue weighted by molar-refractivity contribution is -0.140. The van der Waals surface area contributed by atoms with Gasteiger partial charge in [-0.05, 0) is 68.2 Å². The molecule has 1 aromatic carbocycles. The Morgan fingerprint density at radius 2 is 1.81 bits per heavy atom. The van der Waals surface area contributed by atoms with Gasteiger partial charge in [0.2, 0.25) is 0 Å². The molecule has 0 unspecified atom stereocenters. The molecule has 1 aliphatic rings. The molecule has 0 radical (unpaired) electrons. The number of carbonyl (C=O) groups excluding carboxylic acids is 1. The summed E-state index contributed by atoms with van der Waals surface area (Å²) in [4.78, 5) is 12.3. The van der Waals surface area contributed by atoms with Crippen LogP contribution in [0, 0.1) is 23.2 Å². The van der Waals surface area contributed by atoms with Crippen molar-refractivity contribution in [2.75, 3.05) is 0 Å². The molecular weight excluding hydrogens is 341 g/mol. The lowest BCUT2D eigenvalue weighted by Crippen LogP contribution is -2.25. The first-order chi connectivity index (χ1) is 13.1. The average molecular weight is 371 g/mol. The molecule has 27 heavy (non-hydrogen) atoms. The van der Waals surface area contributed by atoms with Crippen molar-refractivity contribution in [3.63, 3.8) is 0 Å². The van der Waals surface area contributed by atoms with Crippen LogP contribution in [0.5, 0.6) is 5.75 Å². The third kappa shape index (κ3) is 7.54. The molecule has 4 heteroatoms. The standard InChI is InChI=1S/C23H30FNO2/c1-2-3-4-5-6-7-18-10-14-22(15-11-18)27-23(26)20-12-8-19(9-13-20)16-21(24)17-25/h10-11,14-16,19-20H,2-9,12-13H2,1H3/t19-,20-. The number of benzene rings is 1. The zero-order valence-corrected chi connectivity index (χ0v) is 16.3. The number of esters is 1. The number of carbonyl (C=O) groups is 1. The van der Waals surface area contributed by atoms with Crippen LogP contribution in [0.15, 0.2) is 36.2 Å². The maximum Gasteiger partial charge on any atom is 0.314 e. The Balaban J connectivity index is 1.74. The number of ether oxygens (including phenoxy) is 1. The van der Waals surface area contributed by atoms with Gasteiger partial charge in [-0.15, -0.1) is 0 Å². The van der Waals surface area contributed by atoms with Gasteiger partial charge in [0.1, 0.15) is 11.8 Å². The van der Waals surface area contributed by atoms with Crippen LogP contribution in [-0.2, 0) is 11.2 Å². The molecule has 2 rings (SSSR count). The smallest absolute Gasteiger partial charge is 0.314 e. The summed E-state index contributed by atoms with van der Waals surface area (Å²) in [5, 5.41) is 8.50. The Kier molecular flexibility index (Phi) is 9.04. The molecule has 146 valence electrons. The van der Waals surface area contributed by atoms with Gasteiger partial charge in [0.05, 0.1) is 5.92 Å². The van der Waals surface area contributed by atoms with Crippen molar-refractivity contribution in [2.24, 2.45) is 11.8 Å². The van der Waals surface area contributed by atoms with Crippen LogP contribution in [-0.4, -0.2) is 5.97 Å². The minimum Gasteiger partial charge on any atom is -0.426 e. The molecule has 0 N–H and O–H groups in total. The van der Waals surface area contributed by atoms with Gasteiger partial charge in [-0.1, -0.05) is 44.7 Å². The van der Waals surface area contributed by atoms with Gasteiger partial charge in [0.15, 0.2) is 5.83 Å². The Morgan fingerprint density at radius 3 is 2.44 bits per heavy atom. The first-order valence-corrected chi connectivity index (χ1v) is 10.2. The molecule has 0 aromatic heterocycles. The van der Waals surface area contributed by atoms with Crippen molar-refractivity contribution in [1.82, 2.24) is 0 Å². The number of hydrogen-bond acceptors (Lipinski definition) is 3. The topological polar surface area (TPSA) is 50.1 Å². The summed E-state index contributed by atoms with van der Waals surface area (Å²) in [6, 6.07) is 9.32. The number of halogens is 1. The van der Waals surface area contributed by atoms with Gasteiger partial charge in [0, 0.05) is 0 Å². The predicted octanol–water partition coefficient (Wildman–Crippen LogP) is 6.29. The highest BCUT2D eigenvalue weighted by Gasteiger charge is 2.27. The molecule has 0 heterocycles. The number of hydrogen-bond donors (Lipinski definition) is 0. The molecule has 0 atom stereocenters. The summed E-state index contributed by atoms with van der Waals surface area (Å²) in [6.07, 6.45) is 11.5. The van der Waals surface area contributed by atoms with Crippen molar-refractivity contribution in [3.8, 4) is 11.8 Å². The van der Waals surface area contributed by atoms with E-state index >= 15 is 0 Å². The van der Waals surface area contributed by atoms with Crippen molar-refractivity contribution < 1.29 is 13.9 Å². The molecule has 0 bridgehead atoms. The number of nitriles is 1. The Bertz CT molecular complexity index is 652. The van der Waals surface area contributed by atoms with Crippen LogP contribution >= 0.6 is 0 Å². The van der Waals surface area contributed by atoms with Crippen LogP contribution in [0.1, 0.15) is 70.3 Å². The summed E-state index contributed by atoms with van der Waals surface area (Å²) in [7, 11) is 0. The summed E-state index contributed by atoms with van der Waals surface area (Å²) in [6.45, 7) is 2.22. The van der Waals surface area contributed by atoms with E-state index in [2.05, 4.69) is 6.92 Å². The van der Waals surface area contributed by atoms with Gasteiger partial charge in [-0.3, -0.25) is 4.79 Å². The second kappa shape index (κ2) is 11.5. The van der Waals surface area contributed by atoms with E-state index in [1.165, 1.54) is 49.8 Å². The third-order valence-corrected chi connectivity index (χ3v) is 5.30. The second-order valence-corrected chi connectivity index (χ2v) is 7.47. The average Bonchev–Trinajstić information content (AvgIpc) is 2.69.